The molecule has 24 heteroatoms. The first-order valence-electron chi connectivity index (χ1n) is 24.5. The molecule has 0 aliphatic carbocycles. The molecule has 398 valence electrons. The van der Waals surface area contributed by atoms with Crippen LogP contribution in [-0.2, 0) is 49.7 Å². The van der Waals surface area contributed by atoms with Crippen molar-refractivity contribution in [2.45, 2.75) is 156 Å². The number of rotatable bonds is 31. The smallest absolute Gasteiger partial charge is 0.245 e. The van der Waals surface area contributed by atoms with Gasteiger partial charge in [0.15, 0.2) is 5.96 Å². The summed E-state index contributed by atoms with van der Waals surface area (Å²) in [7, 11) is 0. The second-order valence-corrected chi connectivity index (χ2v) is 18.3. The average Bonchev–Trinajstić information content (AvgIpc) is 3.83. The van der Waals surface area contributed by atoms with E-state index in [0.717, 1.165) is 11.3 Å². The number of nitrogens with two attached hydrogens (primary N) is 3. The quantitative estimate of drug-likeness (QED) is 0.0209. The SMILES string of the molecule is CCNC(=O)[C@@H]1CCCN1C(=O)[C@H](CCCN=C(N)N)NC(=O)[C@@H](NC(=O)[C@H](CCC(N)=O)NC(=O)[C@H](CO)NC(=O)[C@H](NC(=O)[C@@H](NC(=O)CNCc1ccc(C)nc1)C(C)C)[C@H](C)CC)[C@@H](C)CC. The lowest BCUT2D eigenvalue weighted by molar-refractivity contribution is -0.142. The van der Waals surface area contributed by atoms with Gasteiger partial charge in [-0.1, -0.05) is 60.5 Å². The van der Waals surface area contributed by atoms with E-state index in [1.807, 2.05) is 19.1 Å². The first kappa shape index (κ1) is 60.7. The second-order valence-electron chi connectivity index (χ2n) is 18.3. The minimum absolute atomic E-state index is 0.0780. The van der Waals surface area contributed by atoms with Gasteiger partial charge in [-0.15, -0.1) is 0 Å². The molecule has 1 aliphatic rings. The van der Waals surface area contributed by atoms with E-state index in [9.17, 15) is 48.3 Å². The van der Waals surface area contributed by atoms with Crippen molar-refractivity contribution < 1.29 is 48.3 Å². The lowest BCUT2D eigenvalue weighted by Crippen LogP contribution is -2.62. The second kappa shape index (κ2) is 31.0. The Morgan fingerprint density at radius 2 is 1.34 bits per heavy atom. The van der Waals surface area contributed by atoms with E-state index >= 15 is 0 Å². The molecule has 2 heterocycles. The number of aliphatic hydroxyl groups excluding tert-OH is 1. The first-order valence-corrected chi connectivity index (χ1v) is 24.5. The molecule has 0 radical (unpaired) electrons. The summed E-state index contributed by atoms with van der Waals surface area (Å²) in [6.45, 7) is 14.1. The van der Waals surface area contributed by atoms with Crippen LogP contribution < -0.4 is 59.7 Å². The first-order chi connectivity index (χ1) is 33.6. The molecule has 0 bridgehead atoms. The summed E-state index contributed by atoms with van der Waals surface area (Å²) in [4.78, 5) is 131. The third-order valence-corrected chi connectivity index (χ3v) is 12.3. The zero-order valence-electron chi connectivity index (χ0n) is 42.6. The number of nitrogens with one attached hydrogen (secondary N) is 8. The van der Waals surface area contributed by atoms with Crippen LogP contribution in [-0.4, -0.2) is 149 Å². The number of nitrogens with zero attached hydrogens (tertiary/aromatic N) is 3. The van der Waals surface area contributed by atoms with Gasteiger partial charge in [-0.05, 0) is 75.3 Å². The largest absolute Gasteiger partial charge is 0.394 e. The molecule has 0 unspecified atom stereocenters. The van der Waals surface area contributed by atoms with Crippen LogP contribution in [0.4, 0.5) is 0 Å². The van der Waals surface area contributed by atoms with Crippen molar-refractivity contribution in [1.82, 2.24) is 52.4 Å². The lowest BCUT2D eigenvalue weighted by Gasteiger charge is -2.31. The van der Waals surface area contributed by atoms with E-state index < -0.39 is 114 Å². The normalized spacial score (nSPS) is 16.6. The topological polar surface area (TPSA) is 377 Å². The van der Waals surface area contributed by atoms with Crippen LogP contribution in [0.3, 0.4) is 0 Å². The number of aryl methyl sites for hydroxylation is 1. The van der Waals surface area contributed by atoms with Gasteiger partial charge < -0.3 is 69.7 Å². The average molecular weight is 1000 g/mol. The van der Waals surface area contributed by atoms with Crippen molar-refractivity contribution in [3.63, 3.8) is 0 Å². The zero-order chi connectivity index (χ0) is 53.4. The highest BCUT2D eigenvalue weighted by Gasteiger charge is 2.40. The van der Waals surface area contributed by atoms with Crippen LogP contribution in [0, 0.1) is 24.7 Å². The zero-order valence-corrected chi connectivity index (χ0v) is 42.6. The van der Waals surface area contributed by atoms with Gasteiger partial charge in [0.25, 0.3) is 0 Å². The Balaban J connectivity index is 2.28. The van der Waals surface area contributed by atoms with Gasteiger partial charge in [0.05, 0.1) is 13.2 Å². The van der Waals surface area contributed by atoms with Gasteiger partial charge in [0.1, 0.15) is 42.3 Å². The van der Waals surface area contributed by atoms with Crippen molar-refractivity contribution in [3.05, 3.63) is 29.6 Å². The Morgan fingerprint density at radius 3 is 1.87 bits per heavy atom. The molecule has 15 N–H and O–H groups in total. The van der Waals surface area contributed by atoms with Crippen molar-refractivity contribution >= 4 is 59.1 Å². The highest BCUT2D eigenvalue weighted by molar-refractivity contribution is 5.98. The Morgan fingerprint density at radius 1 is 0.761 bits per heavy atom. The number of amides is 9. The van der Waals surface area contributed by atoms with Crippen LogP contribution in [0.5, 0.6) is 0 Å². The molecule has 71 heavy (non-hydrogen) atoms. The number of guanidine groups is 1. The highest BCUT2D eigenvalue weighted by atomic mass is 16.3. The number of pyridine rings is 1. The van der Waals surface area contributed by atoms with E-state index in [1.165, 1.54) is 4.90 Å². The van der Waals surface area contributed by atoms with E-state index in [2.05, 4.69) is 52.5 Å². The number of carbonyl (C=O) groups excluding carboxylic acids is 9. The van der Waals surface area contributed by atoms with Crippen LogP contribution in [0.1, 0.15) is 111 Å². The standard InChI is InChI=1S/C47H80N14O10/c1-9-27(6)38(44(69)56-32(14-12-20-53-47(49)50)46(71)61-21-13-15-34(61)42(67)52-11-3)59-40(65)31(18-19-35(48)63)55-41(66)33(25-62)57-45(70)39(28(7)10-2)60-43(68)37(26(4)5)58-36(64)24-51-22-30-17-16-29(8)54-23-30/h16-17,23,26-28,31-34,37-39,51,62H,9-15,18-22,24-25H2,1-8H3,(H2,48,63)(H,52,67)(H,55,66)(H,56,69)(H,57,70)(H,58,64)(H,59,65)(H,60,68)(H4,49,50,53)/t27-,28+,31-,32-,33-,34-,37-,38-,39+/m0/s1. The van der Waals surface area contributed by atoms with Crippen molar-refractivity contribution in [3.8, 4) is 0 Å². The van der Waals surface area contributed by atoms with Crippen molar-refractivity contribution in [2.75, 3.05) is 32.8 Å². The molecular weight excluding hydrogens is 921 g/mol. The number of primary amides is 1. The molecule has 1 fully saturated rings. The molecular formula is C47H80N14O10. The lowest BCUT2D eigenvalue weighted by atomic mass is 9.96. The maximum absolute atomic E-state index is 14.2. The van der Waals surface area contributed by atoms with Gasteiger partial charge in [0.2, 0.25) is 53.2 Å². The third-order valence-electron chi connectivity index (χ3n) is 12.3. The summed E-state index contributed by atoms with van der Waals surface area (Å²) in [5.41, 5.74) is 18.1. The summed E-state index contributed by atoms with van der Waals surface area (Å²) in [5, 5.41) is 31.9. The molecule has 1 saturated heterocycles. The number of likely N-dealkylation sites (N-methyl/N-ethyl adjacent to an activating group) is 1. The fraction of sp³-hybridized carbons (Fsp3) is 0.681. The minimum Gasteiger partial charge on any atom is -0.394 e. The number of carbonyl (C=O) groups is 9. The van der Waals surface area contributed by atoms with Gasteiger partial charge in [-0.3, -0.25) is 53.1 Å². The molecule has 9 amide bonds. The molecule has 1 aliphatic heterocycles. The van der Waals surface area contributed by atoms with Gasteiger partial charge in [-0.2, -0.15) is 0 Å². The van der Waals surface area contributed by atoms with E-state index in [0.29, 0.717) is 38.8 Å². The summed E-state index contributed by atoms with van der Waals surface area (Å²) < 4.78 is 0. The fourth-order valence-corrected chi connectivity index (χ4v) is 7.68. The van der Waals surface area contributed by atoms with Crippen LogP contribution in [0.2, 0.25) is 0 Å². The predicted molar refractivity (Wildman–Crippen MR) is 265 cm³/mol. The predicted octanol–water partition coefficient (Wildman–Crippen LogP) is -2.42. The summed E-state index contributed by atoms with van der Waals surface area (Å²) >= 11 is 0. The van der Waals surface area contributed by atoms with Gasteiger partial charge in [0, 0.05) is 44.5 Å². The fourth-order valence-electron chi connectivity index (χ4n) is 7.68. The minimum atomic E-state index is -1.67. The molecule has 2 rings (SSSR count). The van der Waals surface area contributed by atoms with Gasteiger partial charge in [-0.25, -0.2) is 0 Å². The summed E-state index contributed by atoms with van der Waals surface area (Å²) in [5.74, 6) is -7.91. The van der Waals surface area contributed by atoms with E-state index in [-0.39, 0.29) is 57.2 Å². The Kier molecular flexibility index (Phi) is 26.5. The van der Waals surface area contributed by atoms with E-state index in [4.69, 9.17) is 17.2 Å². The number of aromatic nitrogens is 1. The molecule has 0 spiro atoms. The highest BCUT2D eigenvalue weighted by Crippen LogP contribution is 2.21. The van der Waals surface area contributed by atoms with Crippen molar-refractivity contribution in [2.24, 2.45) is 39.9 Å². The number of hydrogen-bond donors (Lipinski definition) is 12. The molecule has 24 nitrogen and oxygen atoms in total. The molecule has 1 aromatic rings. The van der Waals surface area contributed by atoms with E-state index in [1.54, 1.807) is 54.7 Å². The van der Waals surface area contributed by atoms with Gasteiger partial charge >= 0.3 is 0 Å². The molecule has 1 aromatic heterocycles. The summed E-state index contributed by atoms with van der Waals surface area (Å²) in [6, 6.07) is -4.94. The Labute approximate surface area is 416 Å². The molecule has 9 atom stereocenters. The number of hydrogen-bond acceptors (Lipinski definition) is 13. The summed E-state index contributed by atoms with van der Waals surface area (Å²) in [6.07, 6.45) is 3.06. The van der Waals surface area contributed by atoms with Crippen LogP contribution >= 0.6 is 0 Å². The maximum atomic E-state index is 14.2. The Hall–Kier alpha value is -6.43. The number of aliphatic imine (C=N–C) groups is 1. The van der Waals surface area contributed by atoms with Crippen LogP contribution in [0.25, 0.3) is 0 Å². The van der Waals surface area contributed by atoms with Crippen molar-refractivity contribution in [1.29, 1.82) is 0 Å². The van der Waals surface area contributed by atoms with Crippen LogP contribution in [0.15, 0.2) is 23.3 Å². The third kappa shape index (κ3) is 20.4. The monoisotopic (exact) mass is 1000 g/mol. The number of aliphatic hydroxyl groups is 1. The molecule has 0 saturated carbocycles. The maximum Gasteiger partial charge on any atom is 0.245 e. The number of likely N-dealkylation sites (tertiary alicyclic amines) is 1. The molecule has 0 aromatic carbocycles. The Bertz CT molecular complexity index is 1980.